The number of phenols is 1. The molecule has 0 spiro atoms. The number of hydrogen-bond donors (Lipinski definition) is 5. The maximum Gasteiger partial charge on any atom is 0.524 e. The van der Waals surface area contributed by atoms with E-state index in [1.807, 2.05) is 0 Å². The Labute approximate surface area is 284 Å². The normalized spacial score (nSPS) is 11.7. The number of rotatable bonds is 10. The van der Waals surface area contributed by atoms with Crippen molar-refractivity contribution in [3.63, 3.8) is 0 Å². The molecule has 284 valence electrons. The Kier molecular flexibility index (Phi) is 12.2. The van der Waals surface area contributed by atoms with E-state index in [1.54, 1.807) is 4.72 Å². The Balaban J connectivity index is 0.000000284. The lowest BCUT2D eigenvalue weighted by Crippen LogP contribution is -2.19. The van der Waals surface area contributed by atoms with Crippen molar-refractivity contribution in [1.82, 2.24) is 0 Å². The number of aromatic hydroxyl groups is 1. The van der Waals surface area contributed by atoms with Crippen LogP contribution < -0.4 is 23.4 Å². The molecular weight excluding hydrogens is 801 g/mol. The van der Waals surface area contributed by atoms with E-state index in [1.165, 1.54) is 11.8 Å². The fraction of sp³-hybridized carbons (Fsp3) is 0.0769. The van der Waals surface area contributed by atoms with Crippen LogP contribution in [0, 0.1) is 58.2 Å². The van der Waals surface area contributed by atoms with Gasteiger partial charge in [0.15, 0.2) is 79.3 Å². The van der Waals surface area contributed by atoms with E-state index in [9.17, 15) is 70.4 Å². The molecule has 0 saturated carbocycles. The van der Waals surface area contributed by atoms with Gasteiger partial charge in [-0.1, -0.05) is 0 Å². The number of methoxy groups -OCH3 is 2. The maximum atomic E-state index is 13.7. The summed E-state index contributed by atoms with van der Waals surface area (Å²) >= 11 is 0. The number of ether oxygens (including phenoxy) is 2. The second-order valence-electron chi connectivity index (χ2n) is 9.34. The average Bonchev–Trinajstić information content (AvgIpc) is 3.04. The first-order chi connectivity index (χ1) is 23.9. The summed E-state index contributed by atoms with van der Waals surface area (Å²) in [5.74, 6) is -26.4. The van der Waals surface area contributed by atoms with E-state index in [0.29, 0.717) is 6.07 Å². The van der Waals surface area contributed by atoms with Crippen LogP contribution in [0.2, 0.25) is 0 Å². The highest BCUT2D eigenvalue weighted by molar-refractivity contribution is 7.93. The van der Waals surface area contributed by atoms with Gasteiger partial charge in [-0.25, -0.2) is 65.3 Å². The van der Waals surface area contributed by atoms with Crippen molar-refractivity contribution in [2.75, 3.05) is 23.7 Å². The molecule has 0 amide bonds. The van der Waals surface area contributed by atoms with Gasteiger partial charge in [-0.3, -0.25) is 19.2 Å². The molecule has 26 heteroatoms. The third-order valence-electron chi connectivity index (χ3n) is 5.94. The van der Waals surface area contributed by atoms with E-state index in [2.05, 4.69) is 4.52 Å². The van der Waals surface area contributed by atoms with Gasteiger partial charge in [-0.05, 0) is 24.3 Å². The highest BCUT2D eigenvalue weighted by Gasteiger charge is 2.35. The molecule has 0 aromatic heterocycles. The molecule has 4 aromatic carbocycles. The van der Waals surface area contributed by atoms with Crippen molar-refractivity contribution in [2.24, 2.45) is 0 Å². The summed E-state index contributed by atoms with van der Waals surface area (Å²) in [6.45, 7) is 0. The molecule has 0 aliphatic carbocycles. The van der Waals surface area contributed by atoms with Crippen LogP contribution in [-0.4, -0.2) is 45.9 Å². The number of nitrogens with one attached hydrogen (secondary N) is 2. The minimum Gasteiger partial charge on any atom is -0.504 e. The summed E-state index contributed by atoms with van der Waals surface area (Å²) < 4.78 is 209. The summed E-state index contributed by atoms with van der Waals surface area (Å²) in [5.41, 5.74) is -0.981. The number of hydrogen-bond acceptors (Lipinski definition) is 9. The minimum absolute atomic E-state index is 0.0332. The van der Waals surface area contributed by atoms with Crippen molar-refractivity contribution in [2.45, 2.75) is 9.79 Å². The van der Waals surface area contributed by atoms with Gasteiger partial charge < -0.3 is 19.1 Å². The second-order valence-corrected chi connectivity index (χ2v) is 13.7. The Hall–Kier alpha value is -4.97. The summed E-state index contributed by atoms with van der Waals surface area (Å²) in [6.07, 6.45) is 0. The van der Waals surface area contributed by atoms with Crippen LogP contribution in [0.3, 0.4) is 0 Å². The lowest BCUT2D eigenvalue weighted by molar-refractivity contribution is 0.276. The minimum atomic E-state index is -5.35. The zero-order chi connectivity index (χ0) is 39.7. The van der Waals surface area contributed by atoms with E-state index in [0.717, 1.165) is 37.4 Å². The van der Waals surface area contributed by atoms with E-state index < -0.39 is 119 Å². The largest absolute Gasteiger partial charge is 0.524 e. The predicted molar refractivity (Wildman–Crippen MR) is 154 cm³/mol. The van der Waals surface area contributed by atoms with Gasteiger partial charge in [-0.2, -0.15) is 0 Å². The molecule has 52 heavy (non-hydrogen) atoms. The second kappa shape index (κ2) is 15.3. The van der Waals surface area contributed by atoms with Crippen molar-refractivity contribution in [3.8, 4) is 23.0 Å². The summed E-state index contributed by atoms with van der Waals surface area (Å²) in [7, 11) is -13.3. The third-order valence-corrected chi connectivity index (χ3v) is 9.18. The lowest BCUT2D eigenvalue weighted by atomic mass is 10.3. The number of halogens is 10. The highest BCUT2D eigenvalue weighted by atomic mass is 32.2. The van der Waals surface area contributed by atoms with Gasteiger partial charge in [0.1, 0.15) is 0 Å². The Bertz CT molecular complexity index is 2270. The molecule has 0 aliphatic heterocycles. The SMILES string of the molecule is COc1ccc(NS(=O)(=O)c2c(F)c(F)c(F)c(F)c2F)cc1O.COc1ccc(NS(=O)(=O)c2c(F)c(F)c(F)c(F)c2F)cc1OP(=O)(O)O. The number of phenolic OH excluding ortho intramolecular Hbond substituents is 1. The highest BCUT2D eigenvalue weighted by Crippen LogP contribution is 2.43. The standard InChI is InChI=1S/C13H9F5NO7PS.C13H8F5NO4S/c1-25-6-3-2-5(4-7(6)26-27(20,21)22)19-28(23,24)13-11(17)9(15)8(14)10(16)12(13)18;1-23-7-3-2-5(4-6(7)20)19-24(21,22)13-11(17)9(15)8(14)10(16)12(13)18/h2-4,19H,1H3,(H2,20,21,22);2-4,19-20H,1H3. The van der Waals surface area contributed by atoms with Crippen LogP contribution in [0.4, 0.5) is 55.3 Å². The molecule has 0 aliphatic rings. The van der Waals surface area contributed by atoms with Crippen LogP contribution >= 0.6 is 7.82 Å². The number of phosphoric ester groups is 1. The average molecular weight is 819 g/mol. The lowest BCUT2D eigenvalue weighted by Gasteiger charge is -2.14. The smallest absolute Gasteiger partial charge is 0.504 e. The number of anilines is 2. The summed E-state index contributed by atoms with van der Waals surface area (Å²) in [6, 6.07) is 5.51. The maximum absolute atomic E-state index is 13.7. The molecule has 0 fully saturated rings. The van der Waals surface area contributed by atoms with Crippen LogP contribution in [0.1, 0.15) is 0 Å². The summed E-state index contributed by atoms with van der Waals surface area (Å²) in [4.78, 5) is 13.5. The number of phosphoric acid groups is 1. The van der Waals surface area contributed by atoms with Crippen molar-refractivity contribution >= 4 is 39.2 Å². The first-order valence-corrected chi connectivity index (χ1v) is 17.3. The van der Waals surface area contributed by atoms with Gasteiger partial charge in [0.2, 0.25) is 11.6 Å². The molecule has 4 rings (SSSR count). The van der Waals surface area contributed by atoms with E-state index >= 15 is 0 Å². The first kappa shape index (κ1) is 41.5. The molecule has 0 heterocycles. The van der Waals surface area contributed by atoms with Crippen LogP contribution in [-0.2, 0) is 24.6 Å². The van der Waals surface area contributed by atoms with Crippen LogP contribution in [0.15, 0.2) is 46.2 Å². The molecule has 0 radical (unpaired) electrons. The fourth-order valence-electron chi connectivity index (χ4n) is 3.75. The fourth-order valence-corrected chi connectivity index (χ4v) is 6.53. The van der Waals surface area contributed by atoms with E-state index in [-0.39, 0.29) is 11.5 Å². The first-order valence-electron chi connectivity index (χ1n) is 12.8. The van der Waals surface area contributed by atoms with Crippen LogP contribution in [0.25, 0.3) is 0 Å². The van der Waals surface area contributed by atoms with Crippen molar-refractivity contribution in [3.05, 3.63) is 94.6 Å². The number of sulfonamides is 2. The molecule has 13 nitrogen and oxygen atoms in total. The predicted octanol–water partition coefficient (Wildman–Crippen LogP) is 5.56. The Morgan fingerprint density at radius 1 is 0.538 bits per heavy atom. The van der Waals surface area contributed by atoms with Gasteiger partial charge >= 0.3 is 7.82 Å². The van der Waals surface area contributed by atoms with Gasteiger partial charge in [0.05, 0.1) is 25.6 Å². The van der Waals surface area contributed by atoms with Crippen LogP contribution in [0.5, 0.6) is 23.0 Å². The zero-order valence-corrected chi connectivity index (χ0v) is 27.6. The van der Waals surface area contributed by atoms with Gasteiger partial charge in [0, 0.05) is 12.1 Å². The third kappa shape index (κ3) is 8.72. The Morgan fingerprint density at radius 2 is 0.865 bits per heavy atom. The molecule has 0 unspecified atom stereocenters. The molecular formula is C26H17F10N2O11PS2. The van der Waals surface area contributed by atoms with Crippen molar-refractivity contribution in [1.29, 1.82) is 0 Å². The monoisotopic (exact) mass is 818 g/mol. The van der Waals surface area contributed by atoms with Gasteiger partial charge in [0.25, 0.3) is 20.0 Å². The van der Waals surface area contributed by atoms with Crippen molar-refractivity contribution < 1.29 is 94.2 Å². The van der Waals surface area contributed by atoms with E-state index in [4.69, 9.17) is 19.3 Å². The molecule has 4 aromatic rings. The molecule has 0 saturated heterocycles. The summed E-state index contributed by atoms with van der Waals surface area (Å²) in [5, 5.41) is 9.51. The zero-order valence-electron chi connectivity index (χ0n) is 25.1. The molecule has 5 N–H and O–H groups in total. The number of benzene rings is 4. The molecule has 0 bridgehead atoms. The van der Waals surface area contributed by atoms with Gasteiger partial charge in [-0.15, -0.1) is 0 Å². The Morgan fingerprint density at radius 3 is 1.19 bits per heavy atom. The quantitative estimate of drug-likeness (QED) is 0.0582. The molecule has 0 atom stereocenters. The topological polar surface area (TPSA) is 198 Å².